The lowest BCUT2D eigenvalue weighted by Gasteiger charge is -2.08. The molecule has 0 aromatic rings. The molecule has 0 aromatic carbocycles. The smallest absolute Gasteiger partial charge is 0.0466 e. The Hall–Kier alpha value is 0.490. The summed E-state index contributed by atoms with van der Waals surface area (Å²) in [4.78, 5) is 0. The van der Waals surface area contributed by atoms with Gasteiger partial charge in [-0.05, 0) is 19.4 Å². The van der Waals surface area contributed by atoms with Gasteiger partial charge in [0.25, 0.3) is 0 Å². The average Bonchev–Trinajstić information content (AvgIpc) is 2.12. The molecule has 2 N–H and O–H groups in total. The first-order chi connectivity index (χ1) is 4.58. The Morgan fingerprint density at radius 1 is 1.58 bits per heavy atom. The molecule has 12 heavy (non-hydrogen) atoms. The van der Waals surface area contributed by atoms with Crippen molar-refractivity contribution >= 4 is 34.5 Å². The lowest BCUT2D eigenvalue weighted by atomic mass is 10.3. The van der Waals surface area contributed by atoms with Crippen LogP contribution in [0.3, 0.4) is 0 Å². The van der Waals surface area contributed by atoms with E-state index in [4.69, 9.17) is 4.78 Å². The van der Waals surface area contributed by atoms with Gasteiger partial charge in [-0.25, -0.2) is 0 Å². The van der Waals surface area contributed by atoms with Crippen LogP contribution in [0.25, 0.3) is 0 Å². The quantitative estimate of drug-likeness (QED) is 0.757. The highest BCUT2D eigenvalue weighted by atomic mass is 35.5. The van der Waals surface area contributed by atoms with Crippen LogP contribution in [0.4, 0.5) is 0 Å². The zero-order chi connectivity index (χ0) is 7.61. The third-order valence-electron chi connectivity index (χ3n) is 1.68. The molecule has 0 spiro atoms. The Morgan fingerprint density at radius 3 is 2.50 bits per heavy atom. The first kappa shape index (κ1) is 15.0. The summed E-state index contributed by atoms with van der Waals surface area (Å²) in [5, 5.41) is 3.21. The molecule has 0 saturated carbocycles. The van der Waals surface area contributed by atoms with Gasteiger partial charge in [0, 0.05) is 27.8 Å². The number of hydrogen-bond donors (Lipinski definition) is 2. The zero-order valence-electron chi connectivity index (χ0n) is 7.04. The van der Waals surface area contributed by atoms with Crippen molar-refractivity contribution in [3.63, 3.8) is 0 Å². The molecule has 0 aliphatic carbocycles. The Kier molecular flexibility index (Phi) is 7.52. The minimum atomic E-state index is -2.27. The molecule has 1 rings (SSSR count). The monoisotopic (exact) mass is 234 g/mol. The standard InChI is InChI=1S/C6H14N2OS.2ClH/c1-10(7,9)5-6-3-2-4-8-6;;/h6-8H,2-5H2,1H3;2*1H/t6-,10?;;/m0../s1. The fraction of sp³-hybridized carbons (Fsp3) is 1.00. The molecule has 0 radical (unpaired) electrons. The third-order valence-corrected chi connectivity index (χ3v) is 2.72. The van der Waals surface area contributed by atoms with Crippen molar-refractivity contribution in [1.82, 2.24) is 5.32 Å². The third kappa shape index (κ3) is 6.06. The Morgan fingerprint density at radius 2 is 2.17 bits per heavy atom. The van der Waals surface area contributed by atoms with Crippen molar-refractivity contribution in [3.8, 4) is 0 Å². The SMILES string of the molecule is CS(=N)(=O)C[C@@H]1CCCN1.Cl.Cl. The van der Waals surface area contributed by atoms with E-state index >= 15 is 0 Å². The van der Waals surface area contributed by atoms with E-state index in [0.29, 0.717) is 11.8 Å². The highest BCUT2D eigenvalue weighted by molar-refractivity contribution is 7.91. The van der Waals surface area contributed by atoms with Crippen LogP contribution in [0.2, 0.25) is 0 Å². The Balaban J connectivity index is 0. The first-order valence-electron chi connectivity index (χ1n) is 3.53. The minimum Gasteiger partial charge on any atom is -0.313 e. The number of rotatable bonds is 2. The van der Waals surface area contributed by atoms with Crippen LogP contribution in [0.5, 0.6) is 0 Å². The Bertz CT molecular complexity index is 200. The van der Waals surface area contributed by atoms with E-state index in [9.17, 15) is 4.21 Å². The summed E-state index contributed by atoms with van der Waals surface area (Å²) in [5.41, 5.74) is 0. The Labute approximate surface area is 86.5 Å². The second kappa shape index (κ2) is 6.02. The fourth-order valence-corrected chi connectivity index (χ4v) is 2.34. The van der Waals surface area contributed by atoms with Gasteiger partial charge in [-0.15, -0.1) is 24.8 Å². The van der Waals surface area contributed by atoms with Gasteiger partial charge in [-0.3, -0.25) is 8.99 Å². The summed E-state index contributed by atoms with van der Waals surface area (Å²) in [5.74, 6) is 0.521. The highest BCUT2D eigenvalue weighted by Crippen LogP contribution is 2.06. The van der Waals surface area contributed by atoms with Crippen LogP contribution in [0, 0.1) is 4.78 Å². The molecular weight excluding hydrogens is 219 g/mol. The summed E-state index contributed by atoms with van der Waals surface area (Å²) in [6.07, 6.45) is 3.76. The van der Waals surface area contributed by atoms with Gasteiger partial charge >= 0.3 is 0 Å². The van der Waals surface area contributed by atoms with Gasteiger partial charge < -0.3 is 5.32 Å². The van der Waals surface area contributed by atoms with Gasteiger partial charge in [0.2, 0.25) is 0 Å². The second-order valence-corrected chi connectivity index (χ2v) is 5.31. The largest absolute Gasteiger partial charge is 0.313 e. The number of halogens is 2. The predicted octanol–water partition coefficient (Wildman–Crippen LogP) is 1.26. The minimum absolute atomic E-state index is 0. The predicted molar refractivity (Wildman–Crippen MR) is 57.2 cm³/mol. The van der Waals surface area contributed by atoms with Crippen LogP contribution in [0.15, 0.2) is 0 Å². The maximum absolute atomic E-state index is 11.0. The zero-order valence-corrected chi connectivity index (χ0v) is 9.49. The van der Waals surface area contributed by atoms with Crippen molar-refractivity contribution in [2.24, 2.45) is 0 Å². The van der Waals surface area contributed by atoms with E-state index in [1.165, 1.54) is 12.7 Å². The summed E-state index contributed by atoms with van der Waals surface area (Å²) < 4.78 is 18.2. The molecule has 6 heteroatoms. The number of hydrogen-bond acceptors (Lipinski definition) is 3. The maximum atomic E-state index is 11.0. The van der Waals surface area contributed by atoms with E-state index in [2.05, 4.69) is 5.32 Å². The van der Waals surface area contributed by atoms with Gasteiger partial charge in [-0.2, -0.15) is 0 Å². The van der Waals surface area contributed by atoms with Crippen LogP contribution >= 0.6 is 24.8 Å². The van der Waals surface area contributed by atoms with E-state index in [1.807, 2.05) is 0 Å². The van der Waals surface area contributed by atoms with Gasteiger partial charge in [-0.1, -0.05) is 0 Å². The van der Waals surface area contributed by atoms with Crippen molar-refractivity contribution in [3.05, 3.63) is 0 Å². The van der Waals surface area contributed by atoms with Gasteiger partial charge in [0.1, 0.15) is 0 Å². The van der Waals surface area contributed by atoms with Crippen LogP contribution < -0.4 is 5.32 Å². The van der Waals surface area contributed by atoms with E-state index in [0.717, 1.165) is 13.0 Å². The summed E-state index contributed by atoms with van der Waals surface area (Å²) in [7, 11) is -2.27. The lowest BCUT2D eigenvalue weighted by Crippen LogP contribution is -2.28. The van der Waals surface area contributed by atoms with E-state index in [-0.39, 0.29) is 24.8 Å². The van der Waals surface area contributed by atoms with Gasteiger partial charge in [0.05, 0.1) is 0 Å². The topological polar surface area (TPSA) is 53.0 Å². The fourth-order valence-electron chi connectivity index (χ4n) is 1.28. The molecule has 0 amide bonds. The van der Waals surface area contributed by atoms with Crippen molar-refractivity contribution in [2.45, 2.75) is 18.9 Å². The molecule has 1 aliphatic rings. The molecule has 1 heterocycles. The summed E-state index contributed by atoms with van der Waals surface area (Å²) in [6.45, 7) is 1.03. The molecule has 1 unspecified atom stereocenters. The molecule has 76 valence electrons. The van der Waals surface area contributed by atoms with Crippen molar-refractivity contribution < 1.29 is 4.21 Å². The molecule has 0 aromatic heterocycles. The summed E-state index contributed by atoms with van der Waals surface area (Å²) >= 11 is 0. The molecule has 1 fully saturated rings. The average molecular weight is 235 g/mol. The molecule has 3 nitrogen and oxygen atoms in total. The summed E-state index contributed by atoms with van der Waals surface area (Å²) in [6, 6.07) is 0.343. The highest BCUT2D eigenvalue weighted by Gasteiger charge is 2.16. The normalized spacial score (nSPS) is 26.6. The van der Waals surface area contributed by atoms with Crippen molar-refractivity contribution in [1.29, 1.82) is 4.78 Å². The van der Waals surface area contributed by atoms with Crippen LogP contribution in [-0.2, 0) is 9.73 Å². The van der Waals surface area contributed by atoms with Crippen LogP contribution in [-0.4, -0.2) is 28.8 Å². The molecule has 1 aliphatic heterocycles. The molecular formula is C6H16Cl2N2OS. The van der Waals surface area contributed by atoms with Gasteiger partial charge in [0.15, 0.2) is 0 Å². The van der Waals surface area contributed by atoms with Crippen LogP contribution in [0.1, 0.15) is 12.8 Å². The van der Waals surface area contributed by atoms with Crippen molar-refractivity contribution in [2.75, 3.05) is 18.6 Å². The van der Waals surface area contributed by atoms with E-state index in [1.54, 1.807) is 0 Å². The molecule has 0 bridgehead atoms. The molecule has 1 saturated heterocycles. The lowest BCUT2D eigenvalue weighted by molar-refractivity contribution is 0.640. The maximum Gasteiger partial charge on any atom is 0.0466 e. The molecule has 2 atom stereocenters. The first-order valence-corrected chi connectivity index (χ1v) is 5.66. The number of nitrogens with one attached hydrogen (secondary N) is 2. The second-order valence-electron chi connectivity index (χ2n) is 2.96. The van der Waals surface area contributed by atoms with E-state index < -0.39 is 9.73 Å².